The van der Waals surface area contributed by atoms with Gasteiger partial charge in [-0.3, -0.25) is 0 Å². The molecule has 4 heteroatoms. The summed E-state index contributed by atoms with van der Waals surface area (Å²) in [6.45, 7) is 5.23. The molecule has 3 atom stereocenters. The molecular weight excluding hydrogens is 236 g/mol. The predicted octanol–water partition coefficient (Wildman–Crippen LogP) is 3.21. The highest BCUT2D eigenvalue weighted by atomic mass is 15.1. The first-order valence-electron chi connectivity index (χ1n) is 7.60. The summed E-state index contributed by atoms with van der Waals surface area (Å²) in [5.74, 6) is 3.82. The molecule has 0 aliphatic heterocycles. The molecule has 3 rings (SSSR count). The molecule has 2 saturated carbocycles. The number of nitrogens with zero attached hydrogens (tertiary/aromatic N) is 2. The first-order valence-corrected chi connectivity index (χ1v) is 7.60. The lowest BCUT2D eigenvalue weighted by Crippen LogP contribution is -2.27. The average molecular weight is 260 g/mol. The molecule has 3 unspecified atom stereocenters. The van der Waals surface area contributed by atoms with Gasteiger partial charge in [0.05, 0.1) is 0 Å². The average Bonchev–Trinajstić information content (AvgIpc) is 3.02. The quantitative estimate of drug-likeness (QED) is 0.853. The van der Waals surface area contributed by atoms with Crippen molar-refractivity contribution < 1.29 is 0 Å². The van der Waals surface area contributed by atoms with Gasteiger partial charge in [-0.15, -0.1) is 0 Å². The van der Waals surface area contributed by atoms with Crippen molar-refractivity contribution in [2.45, 2.75) is 52.0 Å². The van der Waals surface area contributed by atoms with Gasteiger partial charge in [-0.1, -0.05) is 13.3 Å². The van der Waals surface area contributed by atoms with Gasteiger partial charge in [0.25, 0.3) is 0 Å². The summed E-state index contributed by atoms with van der Waals surface area (Å²) in [7, 11) is 0. The van der Waals surface area contributed by atoms with E-state index in [1.54, 1.807) is 6.33 Å². The maximum absolute atomic E-state index is 4.43. The van der Waals surface area contributed by atoms with E-state index < -0.39 is 0 Å². The van der Waals surface area contributed by atoms with E-state index in [1.807, 2.05) is 0 Å². The standard InChI is InChI=1S/C15H24N4/c1-3-6-16-14-10(2)15(18-9-17-14)19-13-8-11-4-5-12(13)7-11/h9,11-13H,3-8H2,1-2H3,(H2,16,17,18,19). The minimum Gasteiger partial charge on any atom is -0.370 e. The molecule has 1 aromatic heterocycles. The second-order valence-corrected chi connectivity index (χ2v) is 6.05. The SMILES string of the molecule is CCCNc1ncnc(NC2CC3CCC2C3)c1C. The number of hydrogen-bond donors (Lipinski definition) is 2. The molecule has 2 aliphatic rings. The van der Waals surface area contributed by atoms with Crippen LogP contribution in [-0.2, 0) is 0 Å². The zero-order valence-electron chi connectivity index (χ0n) is 11.9. The van der Waals surface area contributed by atoms with Gasteiger partial charge in [0.2, 0.25) is 0 Å². The van der Waals surface area contributed by atoms with Crippen LogP contribution in [0.25, 0.3) is 0 Å². The molecule has 2 fully saturated rings. The Kier molecular flexibility index (Phi) is 3.58. The molecule has 2 bridgehead atoms. The van der Waals surface area contributed by atoms with E-state index in [0.717, 1.165) is 42.0 Å². The van der Waals surface area contributed by atoms with Crippen LogP contribution in [0.4, 0.5) is 11.6 Å². The number of fused-ring (bicyclic) bond motifs is 2. The van der Waals surface area contributed by atoms with Crippen molar-refractivity contribution in [2.24, 2.45) is 11.8 Å². The van der Waals surface area contributed by atoms with Crippen molar-refractivity contribution >= 4 is 11.6 Å². The summed E-state index contributed by atoms with van der Waals surface area (Å²) >= 11 is 0. The summed E-state index contributed by atoms with van der Waals surface area (Å²) in [6, 6.07) is 0.631. The van der Waals surface area contributed by atoms with E-state index in [2.05, 4.69) is 34.4 Å². The third kappa shape index (κ3) is 2.53. The largest absolute Gasteiger partial charge is 0.370 e. The van der Waals surface area contributed by atoms with Gasteiger partial charge in [0.15, 0.2) is 0 Å². The summed E-state index contributed by atoms with van der Waals surface area (Å²) in [5.41, 5.74) is 1.15. The van der Waals surface area contributed by atoms with Crippen LogP contribution in [0.1, 0.15) is 44.6 Å². The topological polar surface area (TPSA) is 49.8 Å². The van der Waals surface area contributed by atoms with Crippen LogP contribution < -0.4 is 10.6 Å². The van der Waals surface area contributed by atoms with E-state index in [-0.39, 0.29) is 0 Å². The van der Waals surface area contributed by atoms with Gasteiger partial charge in [0.1, 0.15) is 18.0 Å². The van der Waals surface area contributed by atoms with E-state index in [0.29, 0.717) is 6.04 Å². The lowest BCUT2D eigenvalue weighted by Gasteiger charge is -2.24. The highest BCUT2D eigenvalue weighted by Crippen LogP contribution is 2.45. The van der Waals surface area contributed by atoms with Crippen molar-refractivity contribution in [3.8, 4) is 0 Å². The Bertz CT molecular complexity index is 446. The van der Waals surface area contributed by atoms with Crippen molar-refractivity contribution in [2.75, 3.05) is 17.2 Å². The Morgan fingerprint density at radius 3 is 2.74 bits per heavy atom. The third-order valence-corrected chi connectivity index (χ3v) is 4.69. The molecule has 1 heterocycles. The Morgan fingerprint density at radius 2 is 2.05 bits per heavy atom. The summed E-state index contributed by atoms with van der Waals surface area (Å²) in [5, 5.41) is 7.04. The van der Waals surface area contributed by atoms with Gasteiger partial charge < -0.3 is 10.6 Å². The Morgan fingerprint density at radius 1 is 1.21 bits per heavy atom. The summed E-state index contributed by atoms with van der Waals surface area (Å²) < 4.78 is 0. The van der Waals surface area contributed by atoms with Crippen molar-refractivity contribution in [3.05, 3.63) is 11.9 Å². The second-order valence-electron chi connectivity index (χ2n) is 6.05. The molecule has 0 spiro atoms. The van der Waals surface area contributed by atoms with Crippen molar-refractivity contribution in [1.29, 1.82) is 0 Å². The molecule has 0 saturated heterocycles. The lowest BCUT2D eigenvalue weighted by atomic mass is 9.95. The zero-order valence-corrected chi connectivity index (χ0v) is 11.9. The van der Waals surface area contributed by atoms with Crippen molar-refractivity contribution in [1.82, 2.24) is 9.97 Å². The van der Waals surface area contributed by atoms with Crippen LogP contribution >= 0.6 is 0 Å². The summed E-state index contributed by atoms with van der Waals surface area (Å²) in [6.07, 6.45) is 8.36. The van der Waals surface area contributed by atoms with Gasteiger partial charge in [-0.05, 0) is 44.4 Å². The summed E-state index contributed by atoms with van der Waals surface area (Å²) in [4.78, 5) is 8.77. The first kappa shape index (κ1) is 12.7. The third-order valence-electron chi connectivity index (χ3n) is 4.69. The molecule has 2 aliphatic carbocycles. The first-order chi connectivity index (χ1) is 9.28. The van der Waals surface area contributed by atoms with Crippen LogP contribution in [0, 0.1) is 18.8 Å². The van der Waals surface area contributed by atoms with E-state index in [9.17, 15) is 0 Å². The molecule has 0 aromatic carbocycles. The second kappa shape index (κ2) is 5.35. The van der Waals surface area contributed by atoms with Crippen LogP contribution in [0.2, 0.25) is 0 Å². The van der Waals surface area contributed by atoms with Crippen LogP contribution in [0.3, 0.4) is 0 Å². The Labute approximate surface area is 115 Å². The molecule has 0 radical (unpaired) electrons. The number of rotatable bonds is 5. The molecule has 19 heavy (non-hydrogen) atoms. The minimum atomic E-state index is 0.631. The molecular formula is C15H24N4. The monoisotopic (exact) mass is 260 g/mol. The number of hydrogen-bond acceptors (Lipinski definition) is 4. The molecule has 104 valence electrons. The fourth-order valence-corrected chi connectivity index (χ4v) is 3.61. The maximum atomic E-state index is 4.43. The number of nitrogens with one attached hydrogen (secondary N) is 2. The van der Waals surface area contributed by atoms with Crippen molar-refractivity contribution in [3.63, 3.8) is 0 Å². The highest BCUT2D eigenvalue weighted by Gasteiger charge is 2.39. The van der Waals surface area contributed by atoms with Gasteiger partial charge in [-0.2, -0.15) is 0 Å². The van der Waals surface area contributed by atoms with E-state index in [1.165, 1.54) is 25.7 Å². The molecule has 4 nitrogen and oxygen atoms in total. The van der Waals surface area contributed by atoms with E-state index >= 15 is 0 Å². The smallest absolute Gasteiger partial charge is 0.134 e. The molecule has 0 amide bonds. The van der Waals surface area contributed by atoms with E-state index in [4.69, 9.17) is 0 Å². The zero-order chi connectivity index (χ0) is 13.2. The fraction of sp³-hybridized carbons (Fsp3) is 0.733. The minimum absolute atomic E-state index is 0.631. The predicted molar refractivity (Wildman–Crippen MR) is 78.4 cm³/mol. The van der Waals surface area contributed by atoms with Crippen LogP contribution in [-0.4, -0.2) is 22.6 Å². The van der Waals surface area contributed by atoms with Gasteiger partial charge in [-0.25, -0.2) is 9.97 Å². The fourth-order valence-electron chi connectivity index (χ4n) is 3.61. The van der Waals surface area contributed by atoms with Crippen LogP contribution in [0.5, 0.6) is 0 Å². The molecule has 1 aromatic rings. The highest BCUT2D eigenvalue weighted by molar-refractivity contribution is 5.56. The number of anilines is 2. The Balaban J connectivity index is 1.70. The lowest BCUT2D eigenvalue weighted by molar-refractivity contribution is 0.438. The molecule has 2 N–H and O–H groups in total. The normalized spacial score (nSPS) is 28.6. The van der Waals surface area contributed by atoms with Gasteiger partial charge >= 0.3 is 0 Å². The maximum Gasteiger partial charge on any atom is 0.134 e. The van der Waals surface area contributed by atoms with Gasteiger partial charge in [0, 0.05) is 18.2 Å². The van der Waals surface area contributed by atoms with Crippen LogP contribution in [0.15, 0.2) is 6.33 Å². The number of aromatic nitrogens is 2. The Hall–Kier alpha value is -1.32.